The monoisotopic (exact) mass is 181 g/mol. The molecule has 0 fully saturated rings. The van der Waals surface area contributed by atoms with Crippen LogP contribution in [-0.2, 0) is 11.5 Å². The van der Waals surface area contributed by atoms with E-state index in [0.29, 0.717) is 12.1 Å². The number of nitrogens with two attached hydrogens (primary N) is 1. The molecule has 0 unspecified atom stereocenters. The molecule has 2 heterocycles. The van der Waals surface area contributed by atoms with Crippen LogP contribution < -0.4 is 5.73 Å². The smallest absolute Gasteiger partial charge is 0.194 e. The summed E-state index contributed by atoms with van der Waals surface area (Å²) in [6.07, 6.45) is 0.625. The molecule has 12 heavy (non-hydrogen) atoms. The summed E-state index contributed by atoms with van der Waals surface area (Å²) in [6.45, 7) is 0. The zero-order valence-corrected chi connectivity index (χ0v) is 7.10. The van der Waals surface area contributed by atoms with Crippen molar-refractivity contribution < 1.29 is 4.79 Å². The molecular weight excluding hydrogens is 174 g/mol. The first-order chi connectivity index (χ1) is 5.81. The summed E-state index contributed by atoms with van der Waals surface area (Å²) in [6, 6.07) is 0. The van der Waals surface area contributed by atoms with Gasteiger partial charge in [-0.2, -0.15) is 11.8 Å². The van der Waals surface area contributed by atoms with Crippen LogP contribution in [-0.4, -0.2) is 16.3 Å². The summed E-state index contributed by atoms with van der Waals surface area (Å²) in [5.41, 5.74) is 7.53. The van der Waals surface area contributed by atoms with Crippen LogP contribution in [0.15, 0.2) is 0 Å². The van der Waals surface area contributed by atoms with E-state index < -0.39 is 0 Å². The molecule has 1 aromatic heterocycles. The number of aldehydes is 1. The normalized spacial score (nSPS) is 14.3. The summed E-state index contributed by atoms with van der Waals surface area (Å²) in [5, 5.41) is 0. The third kappa shape index (κ3) is 1.06. The molecule has 0 spiro atoms. The number of anilines is 1. The van der Waals surface area contributed by atoms with Crippen molar-refractivity contribution in [2.45, 2.75) is 11.5 Å². The maximum atomic E-state index is 10.4. The number of thioether (sulfide) groups is 1. The Morgan fingerprint density at radius 3 is 3.00 bits per heavy atom. The quantitative estimate of drug-likeness (QED) is 0.643. The Bertz CT molecular complexity index is 340. The van der Waals surface area contributed by atoms with Crippen molar-refractivity contribution >= 4 is 23.9 Å². The Morgan fingerprint density at radius 1 is 1.42 bits per heavy atom. The molecule has 0 atom stereocenters. The molecule has 1 aromatic rings. The lowest BCUT2D eigenvalue weighted by atomic mass is 10.2. The summed E-state index contributed by atoms with van der Waals surface area (Å²) < 4.78 is 0. The Hall–Kier alpha value is -1.10. The van der Waals surface area contributed by atoms with Gasteiger partial charge in [0.15, 0.2) is 12.1 Å². The van der Waals surface area contributed by atoms with E-state index >= 15 is 0 Å². The zero-order chi connectivity index (χ0) is 8.55. The zero-order valence-electron chi connectivity index (χ0n) is 6.28. The maximum absolute atomic E-state index is 10.4. The van der Waals surface area contributed by atoms with Gasteiger partial charge in [0.05, 0.1) is 5.69 Å². The second-order valence-corrected chi connectivity index (χ2v) is 3.49. The number of hydrogen-bond acceptors (Lipinski definition) is 5. The van der Waals surface area contributed by atoms with Gasteiger partial charge in [-0.15, -0.1) is 0 Å². The topological polar surface area (TPSA) is 68.9 Å². The molecule has 0 saturated heterocycles. The minimum absolute atomic E-state index is 0.189. The van der Waals surface area contributed by atoms with Crippen molar-refractivity contribution in [2.75, 3.05) is 5.73 Å². The molecule has 1 aliphatic rings. The van der Waals surface area contributed by atoms with Gasteiger partial charge < -0.3 is 5.73 Å². The highest BCUT2D eigenvalue weighted by atomic mass is 32.2. The molecule has 0 radical (unpaired) electrons. The Labute approximate surface area is 73.6 Å². The predicted molar refractivity (Wildman–Crippen MR) is 46.8 cm³/mol. The third-order valence-electron chi connectivity index (χ3n) is 1.73. The molecule has 1 aliphatic heterocycles. The van der Waals surface area contributed by atoms with Crippen molar-refractivity contribution in [3.05, 3.63) is 17.1 Å². The van der Waals surface area contributed by atoms with Crippen LogP contribution in [0.3, 0.4) is 0 Å². The van der Waals surface area contributed by atoms with Crippen LogP contribution in [0.5, 0.6) is 0 Å². The Balaban J connectivity index is 2.58. The van der Waals surface area contributed by atoms with Crippen LogP contribution >= 0.6 is 11.8 Å². The lowest BCUT2D eigenvalue weighted by molar-refractivity contribution is 0.111. The standard InChI is InChI=1S/C7H7N3OS/c8-7-4-2-12-3-5(4)9-6(1-11)10-7/h1H,2-3H2,(H2,8,9,10). The Morgan fingerprint density at radius 2 is 2.25 bits per heavy atom. The van der Waals surface area contributed by atoms with Crippen LogP contribution in [0.2, 0.25) is 0 Å². The second-order valence-electron chi connectivity index (χ2n) is 2.50. The van der Waals surface area contributed by atoms with Crippen LogP contribution in [0.25, 0.3) is 0 Å². The van der Waals surface area contributed by atoms with Gasteiger partial charge in [-0.05, 0) is 0 Å². The predicted octanol–water partition coefficient (Wildman–Crippen LogP) is 0.618. The van der Waals surface area contributed by atoms with E-state index in [2.05, 4.69) is 9.97 Å². The third-order valence-corrected chi connectivity index (χ3v) is 2.70. The van der Waals surface area contributed by atoms with Gasteiger partial charge in [-0.3, -0.25) is 4.79 Å². The molecule has 0 aromatic carbocycles. The number of hydrogen-bond donors (Lipinski definition) is 1. The molecular formula is C7H7N3OS. The highest BCUT2D eigenvalue weighted by molar-refractivity contribution is 7.98. The number of carbonyl (C=O) groups is 1. The van der Waals surface area contributed by atoms with Gasteiger partial charge in [0.25, 0.3) is 0 Å². The van der Waals surface area contributed by atoms with Crippen molar-refractivity contribution in [3.8, 4) is 0 Å². The van der Waals surface area contributed by atoms with Gasteiger partial charge in [0.1, 0.15) is 5.82 Å². The fourth-order valence-electron chi connectivity index (χ4n) is 1.15. The van der Waals surface area contributed by atoms with Crippen LogP contribution in [0, 0.1) is 0 Å². The van der Waals surface area contributed by atoms with E-state index in [-0.39, 0.29) is 5.82 Å². The maximum Gasteiger partial charge on any atom is 0.194 e. The van der Waals surface area contributed by atoms with Crippen molar-refractivity contribution in [1.82, 2.24) is 9.97 Å². The number of nitrogen functional groups attached to an aromatic ring is 1. The summed E-state index contributed by atoms with van der Waals surface area (Å²) in [7, 11) is 0. The molecule has 62 valence electrons. The molecule has 2 N–H and O–H groups in total. The van der Waals surface area contributed by atoms with E-state index in [1.165, 1.54) is 0 Å². The first kappa shape index (κ1) is 7.54. The summed E-state index contributed by atoms with van der Waals surface area (Å²) in [5.74, 6) is 2.34. The van der Waals surface area contributed by atoms with E-state index in [0.717, 1.165) is 22.8 Å². The average molecular weight is 181 g/mol. The van der Waals surface area contributed by atoms with Gasteiger partial charge in [0, 0.05) is 17.1 Å². The number of rotatable bonds is 1. The highest BCUT2D eigenvalue weighted by Gasteiger charge is 2.17. The van der Waals surface area contributed by atoms with E-state index in [1.807, 2.05) is 0 Å². The van der Waals surface area contributed by atoms with Crippen molar-refractivity contribution in [3.63, 3.8) is 0 Å². The van der Waals surface area contributed by atoms with Crippen molar-refractivity contribution in [1.29, 1.82) is 0 Å². The lowest BCUT2D eigenvalue weighted by Crippen LogP contribution is -2.04. The molecule has 0 bridgehead atoms. The fraction of sp³-hybridized carbons (Fsp3) is 0.286. The van der Waals surface area contributed by atoms with Crippen LogP contribution in [0.1, 0.15) is 21.9 Å². The number of nitrogens with zero attached hydrogens (tertiary/aromatic N) is 2. The minimum Gasteiger partial charge on any atom is -0.383 e. The van der Waals surface area contributed by atoms with E-state index in [4.69, 9.17) is 5.73 Å². The van der Waals surface area contributed by atoms with Gasteiger partial charge in [0.2, 0.25) is 0 Å². The van der Waals surface area contributed by atoms with Crippen molar-refractivity contribution in [2.24, 2.45) is 0 Å². The average Bonchev–Trinajstić information content (AvgIpc) is 2.52. The number of aromatic nitrogens is 2. The lowest BCUT2D eigenvalue weighted by Gasteiger charge is -2.00. The molecule has 5 heteroatoms. The van der Waals surface area contributed by atoms with E-state index in [1.54, 1.807) is 11.8 Å². The minimum atomic E-state index is 0.189. The van der Waals surface area contributed by atoms with Gasteiger partial charge in [-0.1, -0.05) is 0 Å². The summed E-state index contributed by atoms with van der Waals surface area (Å²) >= 11 is 1.74. The van der Waals surface area contributed by atoms with Gasteiger partial charge in [-0.25, -0.2) is 9.97 Å². The molecule has 0 amide bonds. The first-order valence-corrected chi connectivity index (χ1v) is 4.65. The largest absolute Gasteiger partial charge is 0.383 e. The molecule has 4 nitrogen and oxygen atoms in total. The highest BCUT2D eigenvalue weighted by Crippen LogP contribution is 2.30. The first-order valence-electron chi connectivity index (χ1n) is 3.49. The van der Waals surface area contributed by atoms with E-state index in [9.17, 15) is 4.79 Å². The second kappa shape index (κ2) is 2.75. The SMILES string of the molecule is Nc1nc(C=O)nc2c1CSC2. The number of carbonyl (C=O) groups excluding carboxylic acids is 1. The summed E-state index contributed by atoms with van der Waals surface area (Å²) in [4.78, 5) is 18.3. The van der Waals surface area contributed by atoms with Crippen LogP contribution in [0.4, 0.5) is 5.82 Å². The number of fused-ring (bicyclic) bond motifs is 1. The fourth-order valence-corrected chi connectivity index (χ4v) is 2.20. The van der Waals surface area contributed by atoms with Gasteiger partial charge >= 0.3 is 0 Å². The molecule has 0 aliphatic carbocycles. The molecule has 2 rings (SSSR count). The Kier molecular flexibility index (Phi) is 1.73. The molecule has 0 saturated carbocycles.